The van der Waals surface area contributed by atoms with Crippen LogP contribution in [0.25, 0.3) is 11.2 Å². The number of hydrogen-bond donors (Lipinski definition) is 1. The van der Waals surface area contributed by atoms with Gasteiger partial charge < -0.3 is 19.7 Å². The number of aromatic nitrogens is 4. The summed E-state index contributed by atoms with van der Waals surface area (Å²) in [5.74, 6) is 1.01. The maximum atomic E-state index is 12.9. The first-order valence-corrected chi connectivity index (χ1v) is 9.08. The molecule has 25 heavy (non-hydrogen) atoms. The van der Waals surface area contributed by atoms with E-state index in [0.29, 0.717) is 12.2 Å². The molecule has 1 unspecified atom stereocenters. The summed E-state index contributed by atoms with van der Waals surface area (Å²) in [7, 11) is 2.10. The minimum atomic E-state index is 0.00358. The lowest BCUT2D eigenvalue weighted by Crippen LogP contribution is -2.51. The molecular formula is C16H22ClN7O. The Morgan fingerprint density at radius 3 is 2.84 bits per heavy atom. The molecule has 4 rings (SSSR count). The average molecular weight is 364 g/mol. The van der Waals surface area contributed by atoms with Gasteiger partial charge in [-0.3, -0.25) is 4.79 Å². The molecule has 0 saturated carbocycles. The van der Waals surface area contributed by atoms with Gasteiger partial charge in [-0.15, -0.1) is 0 Å². The fraction of sp³-hybridized carbons (Fsp3) is 0.625. The summed E-state index contributed by atoms with van der Waals surface area (Å²) in [6.45, 7) is 5.03. The van der Waals surface area contributed by atoms with Crippen molar-refractivity contribution >= 4 is 34.5 Å². The van der Waals surface area contributed by atoms with E-state index in [0.717, 1.165) is 56.9 Å². The van der Waals surface area contributed by atoms with Gasteiger partial charge in [0.1, 0.15) is 5.52 Å². The second-order valence-electron chi connectivity index (χ2n) is 6.83. The van der Waals surface area contributed by atoms with Crippen molar-refractivity contribution in [1.29, 1.82) is 0 Å². The number of fused-ring (bicyclic) bond motifs is 1. The maximum absolute atomic E-state index is 12.9. The number of carbonyl (C=O) groups is 1. The number of piperidine rings is 1. The van der Waals surface area contributed by atoms with Gasteiger partial charge in [-0.25, -0.2) is 4.98 Å². The third-order valence-electron chi connectivity index (χ3n) is 5.12. The SMILES string of the molecule is CN1CCN(C(=O)C2CCCN(c3nc(Cl)nc4nc[nH]c34)C2)CC1. The van der Waals surface area contributed by atoms with E-state index in [1.165, 1.54) is 0 Å². The Morgan fingerprint density at radius 1 is 1.24 bits per heavy atom. The van der Waals surface area contributed by atoms with Crippen LogP contribution < -0.4 is 4.90 Å². The van der Waals surface area contributed by atoms with Gasteiger partial charge in [-0.2, -0.15) is 9.97 Å². The van der Waals surface area contributed by atoms with Crippen LogP contribution in [0.15, 0.2) is 6.33 Å². The van der Waals surface area contributed by atoms with Crippen molar-refractivity contribution in [2.75, 3.05) is 51.2 Å². The third-order valence-corrected chi connectivity index (χ3v) is 5.29. The molecule has 0 aromatic carbocycles. The number of anilines is 1. The zero-order valence-corrected chi connectivity index (χ0v) is 15.0. The van der Waals surface area contributed by atoms with E-state index in [9.17, 15) is 4.79 Å². The summed E-state index contributed by atoms with van der Waals surface area (Å²) >= 11 is 6.05. The van der Waals surface area contributed by atoms with Gasteiger partial charge in [0, 0.05) is 39.3 Å². The molecule has 134 valence electrons. The van der Waals surface area contributed by atoms with Crippen LogP contribution in [-0.4, -0.2) is 82.0 Å². The number of nitrogens with one attached hydrogen (secondary N) is 1. The van der Waals surface area contributed by atoms with Crippen molar-refractivity contribution in [2.24, 2.45) is 5.92 Å². The van der Waals surface area contributed by atoms with Crippen molar-refractivity contribution in [3.63, 3.8) is 0 Å². The standard InChI is InChI=1S/C16H22ClN7O/c1-22-5-7-23(8-6-22)15(25)11-3-2-4-24(9-11)14-12-13(19-10-18-12)20-16(17)21-14/h10-11H,2-9H2,1H3,(H,18,19,20,21). The van der Waals surface area contributed by atoms with Crippen LogP contribution in [-0.2, 0) is 4.79 Å². The summed E-state index contributed by atoms with van der Waals surface area (Å²) in [4.78, 5) is 35.1. The number of carbonyl (C=O) groups excluding carboxylic acids is 1. The van der Waals surface area contributed by atoms with E-state index in [1.807, 2.05) is 4.90 Å². The molecule has 0 radical (unpaired) electrons. The normalized spacial score (nSPS) is 22.6. The quantitative estimate of drug-likeness (QED) is 0.801. The van der Waals surface area contributed by atoms with Crippen LogP contribution >= 0.6 is 11.6 Å². The predicted octanol–water partition coefficient (Wildman–Crippen LogP) is 0.997. The van der Waals surface area contributed by atoms with E-state index in [2.05, 4.69) is 36.8 Å². The van der Waals surface area contributed by atoms with E-state index in [4.69, 9.17) is 11.6 Å². The first-order valence-electron chi connectivity index (χ1n) is 8.70. The van der Waals surface area contributed by atoms with Gasteiger partial charge in [0.15, 0.2) is 11.5 Å². The number of hydrogen-bond acceptors (Lipinski definition) is 6. The molecular weight excluding hydrogens is 342 g/mol. The molecule has 2 saturated heterocycles. The Bertz CT molecular complexity index is 771. The average Bonchev–Trinajstić information content (AvgIpc) is 3.09. The first kappa shape index (κ1) is 16.5. The number of amides is 1. The van der Waals surface area contributed by atoms with Gasteiger partial charge in [0.05, 0.1) is 12.2 Å². The maximum Gasteiger partial charge on any atom is 0.227 e. The van der Waals surface area contributed by atoms with Gasteiger partial charge >= 0.3 is 0 Å². The summed E-state index contributed by atoms with van der Waals surface area (Å²) in [6, 6.07) is 0. The highest BCUT2D eigenvalue weighted by molar-refractivity contribution is 6.28. The topological polar surface area (TPSA) is 81.2 Å². The van der Waals surface area contributed by atoms with Crippen LogP contribution in [0.4, 0.5) is 5.82 Å². The van der Waals surface area contributed by atoms with Crippen molar-refractivity contribution in [1.82, 2.24) is 29.7 Å². The van der Waals surface area contributed by atoms with Crippen LogP contribution in [0, 0.1) is 5.92 Å². The number of piperazine rings is 1. The van der Waals surface area contributed by atoms with Crippen molar-refractivity contribution < 1.29 is 4.79 Å². The van der Waals surface area contributed by atoms with Gasteiger partial charge in [0.2, 0.25) is 11.2 Å². The highest BCUT2D eigenvalue weighted by Crippen LogP contribution is 2.28. The zero-order chi connectivity index (χ0) is 17.4. The van der Waals surface area contributed by atoms with Crippen molar-refractivity contribution in [2.45, 2.75) is 12.8 Å². The third kappa shape index (κ3) is 3.28. The lowest BCUT2D eigenvalue weighted by molar-refractivity contribution is -0.137. The number of H-pyrrole nitrogens is 1. The molecule has 1 atom stereocenters. The van der Waals surface area contributed by atoms with Crippen LogP contribution in [0.2, 0.25) is 5.28 Å². The van der Waals surface area contributed by atoms with E-state index < -0.39 is 0 Å². The number of halogens is 1. The van der Waals surface area contributed by atoms with Crippen LogP contribution in [0.1, 0.15) is 12.8 Å². The van der Waals surface area contributed by atoms with E-state index >= 15 is 0 Å². The second-order valence-corrected chi connectivity index (χ2v) is 7.17. The Kier molecular flexibility index (Phi) is 4.47. The van der Waals surface area contributed by atoms with Crippen LogP contribution in [0.5, 0.6) is 0 Å². The van der Waals surface area contributed by atoms with Gasteiger partial charge in [-0.1, -0.05) is 0 Å². The lowest BCUT2D eigenvalue weighted by Gasteiger charge is -2.38. The molecule has 4 heterocycles. The second kappa shape index (κ2) is 6.76. The van der Waals surface area contributed by atoms with Crippen LogP contribution in [0.3, 0.4) is 0 Å². The molecule has 2 fully saturated rings. The molecule has 2 aliphatic rings. The Balaban J connectivity index is 1.52. The van der Waals surface area contributed by atoms with E-state index in [1.54, 1.807) is 6.33 Å². The molecule has 2 aromatic heterocycles. The Hall–Kier alpha value is -1.93. The monoisotopic (exact) mass is 363 g/mol. The lowest BCUT2D eigenvalue weighted by atomic mass is 9.96. The minimum Gasteiger partial charge on any atom is -0.354 e. The first-order chi connectivity index (χ1) is 12.1. The van der Waals surface area contributed by atoms with Crippen molar-refractivity contribution in [3.8, 4) is 0 Å². The summed E-state index contributed by atoms with van der Waals surface area (Å²) in [6.07, 6.45) is 3.48. The van der Waals surface area contributed by atoms with Gasteiger partial charge in [-0.05, 0) is 31.5 Å². The number of nitrogens with zero attached hydrogens (tertiary/aromatic N) is 6. The minimum absolute atomic E-state index is 0.00358. The highest BCUT2D eigenvalue weighted by atomic mass is 35.5. The summed E-state index contributed by atoms with van der Waals surface area (Å²) in [5.41, 5.74) is 1.33. The number of rotatable bonds is 2. The largest absolute Gasteiger partial charge is 0.354 e. The Morgan fingerprint density at radius 2 is 2.04 bits per heavy atom. The predicted molar refractivity (Wildman–Crippen MR) is 95.7 cm³/mol. The smallest absolute Gasteiger partial charge is 0.227 e. The number of aromatic amines is 1. The molecule has 0 aliphatic carbocycles. The number of imidazole rings is 1. The number of likely N-dealkylation sites (N-methyl/N-ethyl adjacent to an activating group) is 1. The summed E-state index contributed by atoms with van der Waals surface area (Å²) < 4.78 is 0. The molecule has 1 N–H and O–H groups in total. The van der Waals surface area contributed by atoms with E-state index in [-0.39, 0.29) is 17.1 Å². The molecule has 9 heteroatoms. The molecule has 0 spiro atoms. The molecule has 2 aromatic rings. The molecule has 8 nitrogen and oxygen atoms in total. The molecule has 1 amide bonds. The highest BCUT2D eigenvalue weighted by Gasteiger charge is 2.32. The fourth-order valence-electron chi connectivity index (χ4n) is 3.68. The zero-order valence-electron chi connectivity index (χ0n) is 14.3. The fourth-order valence-corrected chi connectivity index (χ4v) is 3.84. The molecule has 0 bridgehead atoms. The van der Waals surface area contributed by atoms with Gasteiger partial charge in [0.25, 0.3) is 0 Å². The molecule has 2 aliphatic heterocycles. The summed E-state index contributed by atoms with van der Waals surface area (Å²) in [5, 5.41) is 0.183. The van der Waals surface area contributed by atoms with Crippen molar-refractivity contribution in [3.05, 3.63) is 11.6 Å². The Labute approximate surface area is 151 Å².